The van der Waals surface area contributed by atoms with Crippen molar-refractivity contribution < 1.29 is 0 Å². The number of nitriles is 2. The van der Waals surface area contributed by atoms with E-state index in [1.165, 1.54) is 0 Å². The Bertz CT molecular complexity index is 209. The van der Waals surface area contributed by atoms with Crippen LogP contribution < -0.4 is 0 Å². The van der Waals surface area contributed by atoms with Crippen LogP contribution in [0.5, 0.6) is 0 Å². The summed E-state index contributed by atoms with van der Waals surface area (Å²) >= 11 is 0. The standard InChI is InChI=1S/C12H20N2/c1-3-5-7-11(8-9-13)12(10-14)6-4-2/h11-12H,3-8H2,1-2H3. The van der Waals surface area contributed by atoms with Crippen LogP contribution in [-0.2, 0) is 0 Å². The zero-order chi connectivity index (χ0) is 10.8. The van der Waals surface area contributed by atoms with Gasteiger partial charge in [-0.05, 0) is 18.8 Å². The van der Waals surface area contributed by atoms with Gasteiger partial charge in [-0.25, -0.2) is 0 Å². The van der Waals surface area contributed by atoms with Gasteiger partial charge in [0.2, 0.25) is 0 Å². The lowest BCUT2D eigenvalue weighted by Gasteiger charge is -2.18. The Morgan fingerprint density at radius 3 is 2.21 bits per heavy atom. The normalized spacial score (nSPS) is 14.0. The molecule has 2 atom stereocenters. The summed E-state index contributed by atoms with van der Waals surface area (Å²) in [5.41, 5.74) is 0. The average molecular weight is 192 g/mol. The maximum Gasteiger partial charge on any atom is 0.0659 e. The quantitative estimate of drug-likeness (QED) is 0.618. The van der Waals surface area contributed by atoms with Crippen LogP contribution in [-0.4, -0.2) is 0 Å². The van der Waals surface area contributed by atoms with Crippen molar-refractivity contribution in [2.75, 3.05) is 0 Å². The molecule has 0 aliphatic rings. The Labute approximate surface area is 87.5 Å². The highest BCUT2D eigenvalue weighted by Crippen LogP contribution is 2.25. The fraction of sp³-hybridized carbons (Fsp3) is 0.833. The van der Waals surface area contributed by atoms with Crippen LogP contribution in [0.2, 0.25) is 0 Å². The summed E-state index contributed by atoms with van der Waals surface area (Å²) in [4.78, 5) is 0. The van der Waals surface area contributed by atoms with Crippen LogP contribution in [0.3, 0.4) is 0 Å². The van der Waals surface area contributed by atoms with Gasteiger partial charge in [-0.15, -0.1) is 0 Å². The first kappa shape index (κ1) is 13.0. The molecule has 0 rings (SSSR count). The van der Waals surface area contributed by atoms with Crippen LogP contribution in [0.25, 0.3) is 0 Å². The maximum absolute atomic E-state index is 8.99. The molecule has 0 aliphatic heterocycles. The van der Waals surface area contributed by atoms with E-state index in [4.69, 9.17) is 10.5 Å². The van der Waals surface area contributed by atoms with E-state index in [1.807, 2.05) is 0 Å². The summed E-state index contributed by atoms with van der Waals surface area (Å²) in [6.07, 6.45) is 5.82. The van der Waals surface area contributed by atoms with E-state index >= 15 is 0 Å². The SMILES string of the molecule is CCCCC(CC#N)C(C#N)CCC. The van der Waals surface area contributed by atoms with Crippen LogP contribution in [0, 0.1) is 34.5 Å². The van der Waals surface area contributed by atoms with E-state index in [0.29, 0.717) is 12.3 Å². The third-order valence-corrected chi connectivity index (χ3v) is 2.62. The molecular weight excluding hydrogens is 172 g/mol. The molecule has 0 aliphatic carbocycles. The summed E-state index contributed by atoms with van der Waals surface area (Å²) in [5, 5.41) is 17.7. The van der Waals surface area contributed by atoms with E-state index in [1.54, 1.807) is 0 Å². The summed E-state index contributed by atoms with van der Waals surface area (Å²) in [7, 11) is 0. The van der Waals surface area contributed by atoms with Gasteiger partial charge in [0, 0.05) is 6.42 Å². The second-order valence-corrected chi connectivity index (χ2v) is 3.79. The van der Waals surface area contributed by atoms with Gasteiger partial charge >= 0.3 is 0 Å². The van der Waals surface area contributed by atoms with Gasteiger partial charge in [-0.2, -0.15) is 10.5 Å². The Morgan fingerprint density at radius 1 is 1.07 bits per heavy atom. The molecule has 0 N–H and O–H groups in total. The molecule has 0 bridgehead atoms. The van der Waals surface area contributed by atoms with Crippen molar-refractivity contribution in [3.63, 3.8) is 0 Å². The minimum absolute atomic E-state index is 0.0891. The number of unbranched alkanes of at least 4 members (excludes halogenated alkanes) is 1. The molecule has 14 heavy (non-hydrogen) atoms. The van der Waals surface area contributed by atoms with Crippen molar-refractivity contribution in [2.45, 2.75) is 52.4 Å². The molecule has 2 nitrogen and oxygen atoms in total. The number of hydrogen-bond acceptors (Lipinski definition) is 2. The van der Waals surface area contributed by atoms with Crippen LogP contribution in [0.4, 0.5) is 0 Å². The highest BCUT2D eigenvalue weighted by molar-refractivity contribution is 4.91. The summed E-state index contributed by atoms with van der Waals surface area (Å²) in [6, 6.07) is 4.54. The van der Waals surface area contributed by atoms with Crippen molar-refractivity contribution in [3.05, 3.63) is 0 Å². The van der Waals surface area contributed by atoms with E-state index in [2.05, 4.69) is 26.0 Å². The molecule has 0 amide bonds. The molecule has 0 heterocycles. The lowest BCUT2D eigenvalue weighted by molar-refractivity contribution is 0.352. The molecule has 0 aromatic rings. The summed E-state index contributed by atoms with van der Waals surface area (Å²) < 4.78 is 0. The third kappa shape index (κ3) is 4.87. The average Bonchev–Trinajstić information content (AvgIpc) is 2.21. The number of hydrogen-bond donors (Lipinski definition) is 0. The molecule has 0 saturated heterocycles. The highest BCUT2D eigenvalue weighted by atomic mass is 14.3. The molecule has 2 heteroatoms. The first-order valence-corrected chi connectivity index (χ1v) is 5.56. The molecular formula is C12H20N2. The second kappa shape index (κ2) is 8.57. The lowest BCUT2D eigenvalue weighted by atomic mass is 9.84. The summed E-state index contributed by atoms with van der Waals surface area (Å²) in [5.74, 6) is 0.385. The van der Waals surface area contributed by atoms with E-state index in [0.717, 1.165) is 32.1 Å². The van der Waals surface area contributed by atoms with Gasteiger partial charge in [0.25, 0.3) is 0 Å². The van der Waals surface area contributed by atoms with Crippen molar-refractivity contribution in [1.29, 1.82) is 10.5 Å². The van der Waals surface area contributed by atoms with Crippen LogP contribution >= 0.6 is 0 Å². The maximum atomic E-state index is 8.99. The molecule has 0 fully saturated rings. The van der Waals surface area contributed by atoms with Gasteiger partial charge in [0.1, 0.15) is 0 Å². The number of rotatable bonds is 7. The van der Waals surface area contributed by atoms with E-state index in [-0.39, 0.29) is 5.92 Å². The predicted octanol–water partition coefficient (Wildman–Crippen LogP) is 3.65. The minimum atomic E-state index is 0.0891. The third-order valence-electron chi connectivity index (χ3n) is 2.62. The topological polar surface area (TPSA) is 47.6 Å². The van der Waals surface area contributed by atoms with Crippen molar-refractivity contribution in [2.24, 2.45) is 11.8 Å². The molecule has 0 saturated carbocycles. The first-order valence-electron chi connectivity index (χ1n) is 5.56. The zero-order valence-electron chi connectivity index (χ0n) is 9.29. The van der Waals surface area contributed by atoms with Gasteiger partial charge in [0.05, 0.1) is 18.1 Å². The molecule has 0 spiro atoms. The molecule has 0 aromatic heterocycles. The molecule has 2 unspecified atom stereocenters. The first-order chi connectivity index (χ1) is 6.79. The Hall–Kier alpha value is -1.02. The molecule has 0 aromatic carbocycles. The highest BCUT2D eigenvalue weighted by Gasteiger charge is 2.19. The van der Waals surface area contributed by atoms with Crippen molar-refractivity contribution in [3.8, 4) is 12.1 Å². The fourth-order valence-electron chi connectivity index (χ4n) is 1.75. The van der Waals surface area contributed by atoms with Crippen molar-refractivity contribution >= 4 is 0 Å². The van der Waals surface area contributed by atoms with Gasteiger partial charge in [-0.3, -0.25) is 0 Å². The smallest absolute Gasteiger partial charge is 0.0659 e. The summed E-state index contributed by atoms with van der Waals surface area (Å²) in [6.45, 7) is 4.23. The lowest BCUT2D eigenvalue weighted by Crippen LogP contribution is -2.12. The molecule has 0 radical (unpaired) electrons. The van der Waals surface area contributed by atoms with Crippen LogP contribution in [0.15, 0.2) is 0 Å². The van der Waals surface area contributed by atoms with Crippen molar-refractivity contribution in [1.82, 2.24) is 0 Å². The van der Waals surface area contributed by atoms with E-state index < -0.39 is 0 Å². The Morgan fingerprint density at radius 2 is 1.79 bits per heavy atom. The fourth-order valence-corrected chi connectivity index (χ4v) is 1.75. The van der Waals surface area contributed by atoms with Gasteiger partial charge in [0.15, 0.2) is 0 Å². The minimum Gasteiger partial charge on any atom is -0.198 e. The monoisotopic (exact) mass is 192 g/mol. The Balaban J connectivity index is 4.15. The van der Waals surface area contributed by atoms with E-state index in [9.17, 15) is 0 Å². The predicted molar refractivity (Wildman–Crippen MR) is 57.3 cm³/mol. The number of nitrogens with zero attached hydrogens (tertiary/aromatic N) is 2. The van der Waals surface area contributed by atoms with Gasteiger partial charge in [-0.1, -0.05) is 33.1 Å². The second-order valence-electron chi connectivity index (χ2n) is 3.79. The Kier molecular flexibility index (Phi) is 7.95. The largest absolute Gasteiger partial charge is 0.198 e. The van der Waals surface area contributed by atoms with Crippen LogP contribution in [0.1, 0.15) is 52.4 Å². The van der Waals surface area contributed by atoms with Gasteiger partial charge < -0.3 is 0 Å². The zero-order valence-corrected chi connectivity index (χ0v) is 9.29. The molecule has 78 valence electrons.